The Morgan fingerprint density at radius 1 is 1.19 bits per heavy atom. The molecular formula is C16H17BrN4. The van der Waals surface area contributed by atoms with Gasteiger partial charge in [-0.25, -0.2) is 4.98 Å². The number of hydrogen-bond acceptors (Lipinski definition) is 3. The van der Waals surface area contributed by atoms with Crippen molar-refractivity contribution >= 4 is 26.8 Å². The molecule has 2 heterocycles. The summed E-state index contributed by atoms with van der Waals surface area (Å²) in [6.07, 6.45) is 4.87. The molecule has 0 saturated heterocycles. The van der Waals surface area contributed by atoms with E-state index in [9.17, 15) is 0 Å². The standard InChI is InChI=1S/C16H17BrN4/c1-2-5-18-10-16-20-9-15(21-16)12-6-11-3-4-13(17)7-14(11)19-8-12/h3-4,6-9,18H,2,5,10H2,1H3,(H,20,21). The van der Waals surface area contributed by atoms with Gasteiger partial charge >= 0.3 is 0 Å². The Labute approximate surface area is 132 Å². The fourth-order valence-corrected chi connectivity index (χ4v) is 2.57. The van der Waals surface area contributed by atoms with E-state index in [0.717, 1.165) is 52.0 Å². The first-order valence-corrected chi connectivity index (χ1v) is 7.86. The van der Waals surface area contributed by atoms with Crippen LogP contribution in [0.5, 0.6) is 0 Å². The molecule has 0 aliphatic carbocycles. The van der Waals surface area contributed by atoms with Gasteiger partial charge in [0.05, 0.1) is 24.0 Å². The van der Waals surface area contributed by atoms with Gasteiger partial charge in [0.2, 0.25) is 0 Å². The number of nitrogens with zero attached hydrogens (tertiary/aromatic N) is 2. The second-order valence-electron chi connectivity index (χ2n) is 4.98. The summed E-state index contributed by atoms with van der Waals surface area (Å²) >= 11 is 3.47. The second kappa shape index (κ2) is 6.37. The Bertz CT molecular complexity index is 751. The van der Waals surface area contributed by atoms with Crippen LogP contribution < -0.4 is 5.32 Å². The average molecular weight is 345 g/mol. The second-order valence-corrected chi connectivity index (χ2v) is 5.90. The Balaban J connectivity index is 1.84. The molecule has 0 spiro atoms. The summed E-state index contributed by atoms with van der Waals surface area (Å²) < 4.78 is 1.04. The summed E-state index contributed by atoms with van der Waals surface area (Å²) in [4.78, 5) is 12.3. The molecule has 0 saturated carbocycles. The molecule has 0 bridgehead atoms. The zero-order chi connectivity index (χ0) is 14.7. The Morgan fingerprint density at radius 2 is 2.10 bits per heavy atom. The maximum atomic E-state index is 4.51. The molecule has 108 valence electrons. The number of aromatic amines is 1. The van der Waals surface area contributed by atoms with Crippen molar-refractivity contribution in [3.63, 3.8) is 0 Å². The van der Waals surface area contributed by atoms with E-state index < -0.39 is 0 Å². The highest BCUT2D eigenvalue weighted by Crippen LogP contribution is 2.23. The number of pyridine rings is 1. The fourth-order valence-electron chi connectivity index (χ4n) is 2.22. The van der Waals surface area contributed by atoms with Gasteiger partial charge in [0.25, 0.3) is 0 Å². The number of benzene rings is 1. The number of H-pyrrole nitrogens is 1. The van der Waals surface area contributed by atoms with Gasteiger partial charge in [-0.15, -0.1) is 0 Å². The van der Waals surface area contributed by atoms with Crippen LogP contribution in [0.2, 0.25) is 0 Å². The van der Waals surface area contributed by atoms with Crippen molar-refractivity contribution in [1.82, 2.24) is 20.3 Å². The lowest BCUT2D eigenvalue weighted by atomic mass is 10.1. The van der Waals surface area contributed by atoms with Crippen molar-refractivity contribution in [1.29, 1.82) is 0 Å². The average Bonchev–Trinajstić information content (AvgIpc) is 2.96. The summed E-state index contributed by atoms with van der Waals surface area (Å²) in [5, 5.41) is 4.46. The van der Waals surface area contributed by atoms with Gasteiger partial charge in [0, 0.05) is 21.6 Å². The molecule has 3 rings (SSSR count). The number of halogens is 1. The lowest BCUT2D eigenvalue weighted by Gasteiger charge is -2.02. The maximum Gasteiger partial charge on any atom is 0.120 e. The smallest absolute Gasteiger partial charge is 0.120 e. The van der Waals surface area contributed by atoms with E-state index in [1.165, 1.54) is 0 Å². The molecule has 1 aromatic carbocycles. The molecular weight excluding hydrogens is 328 g/mol. The van der Waals surface area contributed by atoms with E-state index in [-0.39, 0.29) is 0 Å². The predicted octanol–water partition coefficient (Wildman–Crippen LogP) is 3.89. The number of imidazole rings is 1. The minimum atomic E-state index is 0.766. The minimum Gasteiger partial charge on any atom is -0.341 e. The van der Waals surface area contributed by atoms with Gasteiger partial charge in [-0.1, -0.05) is 28.9 Å². The van der Waals surface area contributed by atoms with Crippen molar-refractivity contribution in [2.75, 3.05) is 6.54 Å². The summed E-state index contributed by atoms with van der Waals surface area (Å²) in [7, 11) is 0. The van der Waals surface area contributed by atoms with Crippen molar-refractivity contribution in [2.45, 2.75) is 19.9 Å². The zero-order valence-corrected chi connectivity index (χ0v) is 13.4. The molecule has 21 heavy (non-hydrogen) atoms. The van der Waals surface area contributed by atoms with Crippen molar-refractivity contribution < 1.29 is 0 Å². The summed E-state index contributed by atoms with van der Waals surface area (Å²) in [5.41, 5.74) is 3.04. The molecule has 0 aliphatic heterocycles. The van der Waals surface area contributed by atoms with Crippen LogP contribution in [0.25, 0.3) is 22.2 Å². The van der Waals surface area contributed by atoms with E-state index in [1.807, 2.05) is 24.5 Å². The molecule has 4 nitrogen and oxygen atoms in total. The van der Waals surface area contributed by atoms with Crippen molar-refractivity contribution in [3.8, 4) is 11.3 Å². The normalized spacial score (nSPS) is 11.1. The number of hydrogen-bond donors (Lipinski definition) is 2. The van der Waals surface area contributed by atoms with Crippen LogP contribution >= 0.6 is 15.9 Å². The summed E-state index contributed by atoms with van der Waals surface area (Å²) in [6, 6.07) is 8.24. The highest BCUT2D eigenvalue weighted by molar-refractivity contribution is 9.10. The molecule has 2 aromatic heterocycles. The molecule has 0 atom stereocenters. The quantitative estimate of drug-likeness (QED) is 0.690. The Hall–Kier alpha value is -1.72. The van der Waals surface area contributed by atoms with Gasteiger partial charge < -0.3 is 10.3 Å². The van der Waals surface area contributed by atoms with E-state index in [2.05, 4.69) is 55.3 Å². The first-order chi connectivity index (χ1) is 10.3. The van der Waals surface area contributed by atoms with Crippen molar-refractivity contribution in [2.24, 2.45) is 0 Å². The minimum absolute atomic E-state index is 0.766. The first kappa shape index (κ1) is 14.2. The monoisotopic (exact) mass is 344 g/mol. The molecule has 0 fully saturated rings. The van der Waals surface area contributed by atoms with Crippen molar-refractivity contribution in [3.05, 3.63) is 47.0 Å². The van der Waals surface area contributed by atoms with E-state index in [0.29, 0.717) is 0 Å². The molecule has 0 unspecified atom stereocenters. The topological polar surface area (TPSA) is 53.6 Å². The SMILES string of the molecule is CCCNCc1ncc(-c2cnc3cc(Br)ccc3c2)[nH]1. The van der Waals surface area contributed by atoms with Crippen LogP contribution in [0.4, 0.5) is 0 Å². The van der Waals surface area contributed by atoms with Crippen LogP contribution in [-0.2, 0) is 6.54 Å². The number of rotatable bonds is 5. The molecule has 2 N–H and O–H groups in total. The van der Waals surface area contributed by atoms with Crippen LogP contribution in [0.3, 0.4) is 0 Å². The molecule has 3 aromatic rings. The lowest BCUT2D eigenvalue weighted by Crippen LogP contribution is -2.14. The highest BCUT2D eigenvalue weighted by Gasteiger charge is 2.05. The van der Waals surface area contributed by atoms with Crippen LogP contribution in [0.15, 0.2) is 41.1 Å². The molecule has 0 aliphatic rings. The fraction of sp³-hybridized carbons (Fsp3) is 0.250. The van der Waals surface area contributed by atoms with Gasteiger partial charge in [-0.3, -0.25) is 4.98 Å². The van der Waals surface area contributed by atoms with Gasteiger partial charge in [0.1, 0.15) is 5.82 Å². The Kier molecular flexibility index (Phi) is 4.31. The van der Waals surface area contributed by atoms with E-state index in [1.54, 1.807) is 0 Å². The largest absolute Gasteiger partial charge is 0.341 e. The molecule has 0 radical (unpaired) electrons. The van der Waals surface area contributed by atoms with Gasteiger partial charge in [-0.05, 0) is 31.2 Å². The van der Waals surface area contributed by atoms with Crippen LogP contribution in [0.1, 0.15) is 19.2 Å². The highest BCUT2D eigenvalue weighted by atomic mass is 79.9. The summed E-state index contributed by atoms with van der Waals surface area (Å²) in [6.45, 7) is 3.92. The van der Waals surface area contributed by atoms with Crippen LogP contribution in [0, 0.1) is 0 Å². The predicted molar refractivity (Wildman–Crippen MR) is 89.0 cm³/mol. The first-order valence-electron chi connectivity index (χ1n) is 7.06. The molecule has 0 amide bonds. The zero-order valence-electron chi connectivity index (χ0n) is 11.9. The summed E-state index contributed by atoms with van der Waals surface area (Å²) in [5.74, 6) is 0.953. The van der Waals surface area contributed by atoms with Gasteiger partial charge in [0.15, 0.2) is 0 Å². The van der Waals surface area contributed by atoms with Crippen LogP contribution in [-0.4, -0.2) is 21.5 Å². The van der Waals surface area contributed by atoms with E-state index >= 15 is 0 Å². The molecule has 5 heteroatoms. The third-order valence-corrected chi connectivity index (χ3v) is 3.80. The number of nitrogens with one attached hydrogen (secondary N) is 2. The lowest BCUT2D eigenvalue weighted by molar-refractivity contribution is 0.655. The van der Waals surface area contributed by atoms with Gasteiger partial charge in [-0.2, -0.15) is 0 Å². The Morgan fingerprint density at radius 3 is 2.95 bits per heavy atom. The number of aromatic nitrogens is 3. The maximum absolute atomic E-state index is 4.51. The van der Waals surface area contributed by atoms with E-state index in [4.69, 9.17) is 0 Å². The third-order valence-electron chi connectivity index (χ3n) is 3.30. The number of fused-ring (bicyclic) bond motifs is 1. The third kappa shape index (κ3) is 3.31.